The van der Waals surface area contributed by atoms with Crippen molar-refractivity contribution in [1.29, 1.82) is 0 Å². The highest BCUT2D eigenvalue weighted by Crippen LogP contribution is 2.37. The van der Waals surface area contributed by atoms with E-state index in [1.54, 1.807) is 27.7 Å². The second kappa shape index (κ2) is 10.7. The van der Waals surface area contributed by atoms with Gasteiger partial charge in [0.05, 0.1) is 25.0 Å². The molecule has 0 fully saturated rings. The lowest BCUT2D eigenvalue weighted by molar-refractivity contribution is -0.149. The van der Waals surface area contributed by atoms with Crippen LogP contribution in [-0.2, 0) is 19.1 Å². The van der Waals surface area contributed by atoms with E-state index in [-0.39, 0.29) is 37.0 Å². The summed E-state index contributed by atoms with van der Waals surface area (Å²) in [5.41, 5.74) is 0.888. The molecule has 2 aromatic carbocycles. The first-order chi connectivity index (χ1) is 13.9. The molecule has 6 heteroatoms. The minimum absolute atomic E-state index is 0.225. The number of aryl methyl sites for hydroxylation is 1. The number of hydrogen-bond acceptors (Lipinski definition) is 6. The van der Waals surface area contributed by atoms with E-state index in [1.807, 2.05) is 37.3 Å². The van der Waals surface area contributed by atoms with Crippen molar-refractivity contribution in [2.75, 3.05) is 26.4 Å². The molecule has 2 unspecified atom stereocenters. The van der Waals surface area contributed by atoms with Gasteiger partial charge in [0.25, 0.3) is 0 Å². The van der Waals surface area contributed by atoms with E-state index in [9.17, 15) is 9.59 Å². The van der Waals surface area contributed by atoms with Crippen LogP contribution >= 0.6 is 0 Å². The van der Waals surface area contributed by atoms with Gasteiger partial charge in [-0.1, -0.05) is 24.3 Å². The Hall–Kier alpha value is -2.76. The number of carbonyl (C=O) groups is 2. The highest BCUT2D eigenvalue weighted by Gasteiger charge is 2.19. The van der Waals surface area contributed by atoms with Crippen molar-refractivity contribution < 1.29 is 28.5 Å². The van der Waals surface area contributed by atoms with Crippen molar-refractivity contribution in [2.24, 2.45) is 11.8 Å². The zero-order chi connectivity index (χ0) is 21.4. The summed E-state index contributed by atoms with van der Waals surface area (Å²) < 4.78 is 22.0. The molecule has 0 heterocycles. The smallest absolute Gasteiger partial charge is 0.312 e. The Balaban J connectivity index is 2.21. The van der Waals surface area contributed by atoms with Crippen molar-refractivity contribution in [1.82, 2.24) is 0 Å². The van der Waals surface area contributed by atoms with Crippen molar-refractivity contribution in [2.45, 2.75) is 34.6 Å². The maximum Gasteiger partial charge on any atom is 0.312 e. The lowest BCUT2D eigenvalue weighted by Crippen LogP contribution is -2.22. The Morgan fingerprint density at radius 1 is 0.862 bits per heavy atom. The van der Waals surface area contributed by atoms with Gasteiger partial charge in [-0.25, -0.2) is 0 Å². The van der Waals surface area contributed by atoms with Crippen LogP contribution in [0, 0.1) is 18.8 Å². The van der Waals surface area contributed by atoms with Gasteiger partial charge in [0.1, 0.15) is 24.7 Å². The summed E-state index contributed by atoms with van der Waals surface area (Å²) in [7, 11) is 0. The Morgan fingerprint density at radius 3 is 1.93 bits per heavy atom. The summed E-state index contributed by atoms with van der Waals surface area (Å²) in [5, 5.41) is 1.77. The molecule has 0 N–H and O–H groups in total. The number of rotatable bonds is 10. The normalized spacial score (nSPS) is 12.9. The SMILES string of the molecule is CCOC(=O)C(C)COc1cc(C)c(OCC(C)C(=O)OCC)c2ccccc12. The number of esters is 2. The van der Waals surface area contributed by atoms with Gasteiger partial charge in [-0.3, -0.25) is 9.59 Å². The van der Waals surface area contributed by atoms with Crippen molar-refractivity contribution >= 4 is 22.7 Å². The fraction of sp³-hybridized carbons (Fsp3) is 0.478. The van der Waals surface area contributed by atoms with Gasteiger partial charge in [-0.05, 0) is 46.2 Å². The van der Waals surface area contributed by atoms with E-state index >= 15 is 0 Å². The van der Waals surface area contributed by atoms with E-state index in [4.69, 9.17) is 18.9 Å². The second-order valence-corrected chi connectivity index (χ2v) is 6.99. The van der Waals surface area contributed by atoms with Gasteiger partial charge in [-0.15, -0.1) is 0 Å². The molecule has 0 radical (unpaired) electrons. The zero-order valence-electron chi connectivity index (χ0n) is 17.8. The van der Waals surface area contributed by atoms with Crippen LogP contribution in [-0.4, -0.2) is 38.4 Å². The van der Waals surface area contributed by atoms with Gasteiger partial charge in [-0.2, -0.15) is 0 Å². The van der Waals surface area contributed by atoms with Crippen molar-refractivity contribution in [3.8, 4) is 11.5 Å². The third-order valence-electron chi connectivity index (χ3n) is 4.49. The molecule has 2 rings (SSSR count). The first-order valence-corrected chi connectivity index (χ1v) is 10.00. The van der Waals surface area contributed by atoms with Gasteiger partial charge < -0.3 is 18.9 Å². The second-order valence-electron chi connectivity index (χ2n) is 6.99. The molecule has 0 aliphatic rings. The van der Waals surface area contributed by atoms with Gasteiger partial charge in [0, 0.05) is 10.8 Å². The molecule has 0 saturated carbocycles. The zero-order valence-corrected chi connectivity index (χ0v) is 17.8. The van der Waals surface area contributed by atoms with Gasteiger partial charge in [0.2, 0.25) is 0 Å². The minimum atomic E-state index is -0.366. The summed E-state index contributed by atoms with van der Waals surface area (Å²) in [4.78, 5) is 23.7. The molecule has 0 amide bonds. The standard InChI is InChI=1S/C23H30O6/c1-6-26-22(24)16(4)13-28-20-12-15(3)21(19-11-9-8-10-18(19)20)29-14-17(5)23(25)27-7-2/h8-12,16-17H,6-7,13-14H2,1-5H3. The predicted molar refractivity (Wildman–Crippen MR) is 111 cm³/mol. The van der Waals surface area contributed by atoms with Crippen LogP contribution in [0.5, 0.6) is 11.5 Å². The van der Waals surface area contributed by atoms with Crippen LogP contribution in [0.2, 0.25) is 0 Å². The lowest BCUT2D eigenvalue weighted by Gasteiger charge is -2.19. The number of benzene rings is 2. The van der Waals surface area contributed by atoms with Crippen molar-refractivity contribution in [3.05, 3.63) is 35.9 Å². The van der Waals surface area contributed by atoms with Crippen LogP contribution in [0.25, 0.3) is 10.8 Å². The predicted octanol–water partition coefficient (Wildman–Crippen LogP) is 4.30. The third kappa shape index (κ3) is 5.86. The molecule has 158 valence electrons. The van der Waals surface area contributed by atoms with E-state index in [2.05, 4.69) is 0 Å². The Morgan fingerprint density at radius 2 is 1.38 bits per heavy atom. The molecule has 0 aliphatic heterocycles. The number of fused-ring (bicyclic) bond motifs is 1. The first kappa shape index (κ1) is 22.5. The summed E-state index contributed by atoms with van der Waals surface area (Å²) in [5.74, 6) is 0.108. The highest BCUT2D eigenvalue weighted by atomic mass is 16.5. The van der Waals surface area contributed by atoms with E-state index in [1.165, 1.54) is 0 Å². The quantitative estimate of drug-likeness (QED) is 0.552. The molecule has 0 spiro atoms. The van der Waals surface area contributed by atoms with E-state index < -0.39 is 0 Å². The highest BCUT2D eigenvalue weighted by molar-refractivity contribution is 5.94. The van der Waals surface area contributed by atoms with E-state index in [0.29, 0.717) is 24.7 Å². The fourth-order valence-corrected chi connectivity index (χ4v) is 2.89. The molecule has 6 nitrogen and oxygen atoms in total. The van der Waals surface area contributed by atoms with E-state index in [0.717, 1.165) is 16.3 Å². The molecular formula is C23H30O6. The average Bonchev–Trinajstić information content (AvgIpc) is 2.71. The molecule has 0 aromatic heterocycles. The number of hydrogen-bond donors (Lipinski definition) is 0. The third-order valence-corrected chi connectivity index (χ3v) is 4.49. The monoisotopic (exact) mass is 402 g/mol. The van der Waals surface area contributed by atoms with Crippen LogP contribution < -0.4 is 9.47 Å². The van der Waals surface area contributed by atoms with Gasteiger partial charge in [0.15, 0.2) is 0 Å². The number of carbonyl (C=O) groups excluding carboxylic acids is 2. The topological polar surface area (TPSA) is 71.1 Å². The summed E-state index contributed by atoms with van der Waals surface area (Å²) in [6, 6.07) is 9.64. The van der Waals surface area contributed by atoms with Crippen LogP contribution in [0.15, 0.2) is 30.3 Å². The summed E-state index contributed by atoms with van der Waals surface area (Å²) >= 11 is 0. The largest absolute Gasteiger partial charge is 0.492 e. The fourth-order valence-electron chi connectivity index (χ4n) is 2.89. The van der Waals surface area contributed by atoms with Crippen molar-refractivity contribution in [3.63, 3.8) is 0 Å². The molecule has 0 saturated heterocycles. The minimum Gasteiger partial charge on any atom is -0.492 e. The van der Waals surface area contributed by atoms with Crippen LogP contribution in [0.4, 0.5) is 0 Å². The Bertz CT molecular complexity index is 845. The summed E-state index contributed by atoms with van der Waals surface area (Å²) in [6.07, 6.45) is 0. The lowest BCUT2D eigenvalue weighted by atomic mass is 10.0. The van der Waals surface area contributed by atoms with Crippen LogP contribution in [0.1, 0.15) is 33.3 Å². The Kier molecular flexibility index (Phi) is 8.31. The number of ether oxygens (including phenoxy) is 4. The molecule has 29 heavy (non-hydrogen) atoms. The summed E-state index contributed by atoms with van der Waals surface area (Å²) in [6.45, 7) is 10.2. The molecule has 0 bridgehead atoms. The maximum atomic E-state index is 11.9. The molecule has 2 aromatic rings. The van der Waals surface area contributed by atoms with Gasteiger partial charge >= 0.3 is 11.9 Å². The molecule has 2 atom stereocenters. The molecular weight excluding hydrogens is 372 g/mol. The maximum absolute atomic E-state index is 11.9. The average molecular weight is 402 g/mol. The molecule has 0 aliphatic carbocycles. The van der Waals surface area contributed by atoms with Crippen LogP contribution in [0.3, 0.4) is 0 Å². The Labute approximate surface area is 172 Å². The first-order valence-electron chi connectivity index (χ1n) is 10.00.